The first-order chi connectivity index (χ1) is 9.49. The van der Waals surface area contributed by atoms with Crippen LogP contribution in [0.5, 0.6) is 0 Å². The van der Waals surface area contributed by atoms with Crippen molar-refractivity contribution in [2.45, 2.75) is 10.6 Å². The Morgan fingerprint density at radius 3 is 2.75 bits per heavy atom. The fourth-order valence-corrected chi connectivity index (χ4v) is 2.85. The van der Waals surface area contributed by atoms with Crippen molar-refractivity contribution in [1.82, 2.24) is 4.98 Å². The van der Waals surface area contributed by atoms with Gasteiger partial charge >= 0.3 is 0 Å². The van der Waals surface area contributed by atoms with Gasteiger partial charge in [0, 0.05) is 17.3 Å². The van der Waals surface area contributed by atoms with Crippen LogP contribution in [0.2, 0.25) is 0 Å². The third kappa shape index (κ3) is 3.00. The number of nitrogens with zero attached hydrogens (tertiary/aromatic N) is 1. The second kappa shape index (κ2) is 5.79. The minimum Gasteiger partial charge on any atom is -0.396 e. The molecule has 2 aromatic rings. The van der Waals surface area contributed by atoms with Gasteiger partial charge in [-0.1, -0.05) is 0 Å². The number of carbonyl (C=O) groups excluding carboxylic acids is 1. The average Bonchev–Trinajstić information content (AvgIpc) is 2.41. The molecule has 0 spiro atoms. The van der Waals surface area contributed by atoms with Crippen LogP contribution in [0.25, 0.3) is 0 Å². The summed E-state index contributed by atoms with van der Waals surface area (Å²) in [4.78, 5) is 15.2. The van der Waals surface area contributed by atoms with E-state index >= 15 is 0 Å². The van der Waals surface area contributed by atoms with Gasteiger partial charge in [-0.05, 0) is 24.3 Å². The molecule has 0 aliphatic heterocycles. The Kier molecular flexibility index (Phi) is 4.09. The van der Waals surface area contributed by atoms with Crippen LogP contribution in [0.4, 0.5) is 10.1 Å². The highest BCUT2D eigenvalue weighted by molar-refractivity contribution is 7.84. The van der Waals surface area contributed by atoms with Crippen molar-refractivity contribution >= 4 is 22.4 Å². The maximum atomic E-state index is 13.7. The summed E-state index contributed by atoms with van der Waals surface area (Å²) in [5, 5.41) is 0. The van der Waals surface area contributed by atoms with Crippen molar-refractivity contribution in [2.75, 3.05) is 5.73 Å². The number of nitrogens with two attached hydrogens (primary N) is 2. The van der Waals surface area contributed by atoms with Gasteiger partial charge in [-0.3, -0.25) is 14.0 Å². The van der Waals surface area contributed by atoms with Crippen molar-refractivity contribution in [3.05, 3.63) is 53.6 Å². The molecule has 2 rings (SSSR count). The number of benzene rings is 1. The molecule has 0 bridgehead atoms. The molecule has 1 atom stereocenters. The van der Waals surface area contributed by atoms with Gasteiger partial charge in [-0.15, -0.1) is 0 Å². The highest BCUT2D eigenvalue weighted by atomic mass is 32.2. The summed E-state index contributed by atoms with van der Waals surface area (Å²) in [5.41, 5.74) is 11.4. The third-order valence-electron chi connectivity index (χ3n) is 2.67. The van der Waals surface area contributed by atoms with E-state index in [1.165, 1.54) is 30.6 Å². The number of hydrogen-bond acceptors (Lipinski definition) is 4. The Labute approximate surface area is 117 Å². The smallest absolute Gasteiger partial charge is 0.248 e. The summed E-state index contributed by atoms with van der Waals surface area (Å²) in [5.74, 6) is -1.31. The molecule has 1 unspecified atom stereocenters. The minimum absolute atomic E-state index is 0.0961. The summed E-state index contributed by atoms with van der Waals surface area (Å²) in [6.45, 7) is 0. The van der Waals surface area contributed by atoms with Gasteiger partial charge in [0.1, 0.15) is 5.82 Å². The van der Waals surface area contributed by atoms with Crippen molar-refractivity contribution < 1.29 is 13.4 Å². The van der Waals surface area contributed by atoms with Crippen LogP contribution in [0.1, 0.15) is 15.9 Å². The molecule has 0 fully saturated rings. The molecular formula is C13H12FN3O2S. The fourth-order valence-electron chi connectivity index (χ4n) is 1.66. The second-order valence-electron chi connectivity index (χ2n) is 4.07. The van der Waals surface area contributed by atoms with Crippen LogP contribution in [0.15, 0.2) is 41.6 Å². The highest BCUT2D eigenvalue weighted by Crippen LogP contribution is 2.20. The van der Waals surface area contributed by atoms with E-state index in [2.05, 4.69) is 4.98 Å². The van der Waals surface area contributed by atoms with Gasteiger partial charge in [0.25, 0.3) is 0 Å². The number of aromatic nitrogens is 1. The Morgan fingerprint density at radius 2 is 2.10 bits per heavy atom. The van der Waals surface area contributed by atoms with Gasteiger partial charge < -0.3 is 11.5 Å². The molecule has 104 valence electrons. The zero-order valence-corrected chi connectivity index (χ0v) is 11.2. The Balaban J connectivity index is 2.30. The number of carbonyl (C=O) groups is 1. The Bertz CT molecular complexity index is 691. The van der Waals surface area contributed by atoms with Crippen LogP contribution in [0.3, 0.4) is 0 Å². The molecule has 0 aliphatic carbocycles. The second-order valence-corrected chi connectivity index (χ2v) is 5.49. The molecule has 5 nitrogen and oxygen atoms in total. The molecular weight excluding hydrogens is 281 g/mol. The molecule has 4 N–H and O–H groups in total. The van der Waals surface area contributed by atoms with E-state index in [4.69, 9.17) is 11.5 Å². The molecule has 1 heterocycles. The van der Waals surface area contributed by atoms with Crippen LogP contribution >= 0.6 is 0 Å². The third-order valence-corrected chi connectivity index (χ3v) is 4.11. The zero-order valence-electron chi connectivity index (χ0n) is 10.4. The van der Waals surface area contributed by atoms with Gasteiger partial charge in [-0.2, -0.15) is 0 Å². The molecule has 1 aromatic carbocycles. The van der Waals surface area contributed by atoms with Crippen LogP contribution < -0.4 is 11.5 Å². The number of pyridine rings is 1. The number of amides is 1. The number of rotatable bonds is 4. The first-order valence-corrected chi connectivity index (χ1v) is 6.97. The van der Waals surface area contributed by atoms with Crippen LogP contribution in [-0.4, -0.2) is 15.1 Å². The van der Waals surface area contributed by atoms with Crippen molar-refractivity contribution in [2.24, 2.45) is 5.73 Å². The normalized spacial score (nSPS) is 12.1. The van der Waals surface area contributed by atoms with E-state index in [0.717, 1.165) is 6.07 Å². The lowest BCUT2D eigenvalue weighted by Crippen LogP contribution is -2.12. The fraction of sp³-hybridized carbons (Fsp3) is 0.0769. The maximum Gasteiger partial charge on any atom is 0.248 e. The number of nitrogen functional groups attached to an aromatic ring is 1. The predicted octanol–water partition coefficient (Wildman–Crippen LogP) is 1.21. The van der Waals surface area contributed by atoms with Crippen LogP contribution in [-0.2, 0) is 16.6 Å². The lowest BCUT2D eigenvalue weighted by molar-refractivity contribution is 0.1000. The van der Waals surface area contributed by atoms with Gasteiger partial charge in [0.2, 0.25) is 5.91 Å². The number of hydrogen-bond donors (Lipinski definition) is 2. The maximum absolute atomic E-state index is 13.7. The standard InChI is InChI=1S/C13H12FN3O2S/c14-10-2-1-8(13(16)18)5-9(10)7-20(19)12-3-4-17-6-11(12)15/h1-6H,7,15H2,(H2,16,18). The molecule has 20 heavy (non-hydrogen) atoms. The first-order valence-electron chi connectivity index (χ1n) is 5.65. The lowest BCUT2D eigenvalue weighted by atomic mass is 10.1. The topological polar surface area (TPSA) is 99.1 Å². The zero-order chi connectivity index (χ0) is 14.7. The van der Waals surface area contributed by atoms with Crippen molar-refractivity contribution in [1.29, 1.82) is 0 Å². The van der Waals surface area contributed by atoms with Gasteiger partial charge in [0.05, 0.1) is 33.3 Å². The quantitative estimate of drug-likeness (QED) is 0.885. The monoisotopic (exact) mass is 293 g/mol. The highest BCUT2D eigenvalue weighted by Gasteiger charge is 2.13. The average molecular weight is 293 g/mol. The first kappa shape index (κ1) is 14.1. The molecule has 1 amide bonds. The molecule has 0 saturated carbocycles. The Hall–Kier alpha value is -2.28. The van der Waals surface area contributed by atoms with Crippen LogP contribution in [0, 0.1) is 5.82 Å². The van der Waals surface area contributed by atoms with E-state index in [1.807, 2.05) is 0 Å². The van der Waals surface area contributed by atoms with E-state index in [-0.39, 0.29) is 22.6 Å². The number of anilines is 1. The van der Waals surface area contributed by atoms with E-state index in [1.54, 1.807) is 0 Å². The number of primary amides is 1. The summed E-state index contributed by atoms with van der Waals surface area (Å²) in [6.07, 6.45) is 2.84. The van der Waals surface area contributed by atoms with E-state index in [0.29, 0.717) is 4.90 Å². The molecule has 0 aliphatic rings. The summed E-state index contributed by atoms with van der Waals surface area (Å²) >= 11 is 0. The lowest BCUT2D eigenvalue weighted by Gasteiger charge is -2.07. The van der Waals surface area contributed by atoms with Crippen molar-refractivity contribution in [3.63, 3.8) is 0 Å². The predicted molar refractivity (Wildman–Crippen MR) is 73.7 cm³/mol. The van der Waals surface area contributed by atoms with E-state index < -0.39 is 22.5 Å². The summed E-state index contributed by atoms with van der Waals surface area (Å²) in [7, 11) is -1.53. The van der Waals surface area contributed by atoms with Crippen molar-refractivity contribution in [3.8, 4) is 0 Å². The molecule has 0 radical (unpaired) electrons. The molecule has 1 aromatic heterocycles. The Morgan fingerprint density at radius 1 is 1.35 bits per heavy atom. The van der Waals surface area contributed by atoms with Gasteiger partial charge in [-0.25, -0.2) is 4.39 Å². The SMILES string of the molecule is NC(=O)c1ccc(F)c(CS(=O)c2ccncc2N)c1. The summed E-state index contributed by atoms with van der Waals surface area (Å²) in [6, 6.07) is 5.22. The number of halogens is 1. The largest absolute Gasteiger partial charge is 0.396 e. The van der Waals surface area contributed by atoms with Gasteiger partial charge in [0.15, 0.2) is 0 Å². The molecule has 0 saturated heterocycles. The molecule has 7 heteroatoms. The summed E-state index contributed by atoms with van der Waals surface area (Å²) < 4.78 is 25.9. The minimum atomic E-state index is -1.53. The van der Waals surface area contributed by atoms with E-state index in [9.17, 15) is 13.4 Å².